The SMILES string of the molecule is Clc1ccc(NC2=NC3c4ccccc4OC3CS2)cc1. The van der Waals surface area contributed by atoms with E-state index in [4.69, 9.17) is 21.3 Å². The molecule has 5 heteroatoms. The molecule has 2 aromatic carbocycles. The van der Waals surface area contributed by atoms with Crippen molar-refractivity contribution in [2.45, 2.75) is 12.1 Å². The second-order valence-corrected chi connectivity index (χ2v) is 6.46. The summed E-state index contributed by atoms with van der Waals surface area (Å²) in [7, 11) is 0. The standard InChI is InChI=1S/C16H13ClN2OS/c17-10-5-7-11(8-6-10)18-16-19-15-12-3-1-2-4-13(12)20-14(15)9-21-16/h1-8,14-15H,9H2,(H,18,19). The second-order valence-electron chi connectivity index (χ2n) is 5.02. The third-order valence-electron chi connectivity index (χ3n) is 3.60. The second kappa shape index (κ2) is 5.28. The molecule has 0 radical (unpaired) electrons. The molecule has 0 aromatic heterocycles. The number of nitrogens with one attached hydrogen (secondary N) is 1. The van der Waals surface area contributed by atoms with Crippen LogP contribution in [0.3, 0.4) is 0 Å². The van der Waals surface area contributed by atoms with E-state index in [0.717, 1.165) is 27.4 Å². The Hall–Kier alpha value is -1.65. The van der Waals surface area contributed by atoms with Crippen LogP contribution in [0.4, 0.5) is 5.69 Å². The minimum atomic E-state index is 0.0947. The van der Waals surface area contributed by atoms with E-state index in [1.54, 1.807) is 11.8 Å². The first-order chi connectivity index (χ1) is 10.3. The topological polar surface area (TPSA) is 33.6 Å². The van der Waals surface area contributed by atoms with Crippen molar-refractivity contribution in [2.75, 3.05) is 11.1 Å². The van der Waals surface area contributed by atoms with Gasteiger partial charge >= 0.3 is 0 Å². The van der Waals surface area contributed by atoms with Crippen LogP contribution in [0.1, 0.15) is 11.6 Å². The van der Waals surface area contributed by atoms with Crippen molar-refractivity contribution in [2.24, 2.45) is 4.99 Å². The Morgan fingerprint density at radius 3 is 2.81 bits per heavy atom. The van der Waals surface area contributed by atoms with Gasteiger partial charge in [0.25, 0.3) is 0 Å². The van der Waals surface area contributed by atoms with Gasteiger partial charge in [-0.05, 0) is 30.3 Å². The summed E-state index contributed by atoms with van der Waals surface area (Å²) >= 11 is 7.59. The highest BCUT2D eigenvalue weighted by Gasteiger charge is 2.37. The van der Waals surface area contributed by atoms with Crippen molar-refractivity contribution in [3.63, 3.8) is 0 Å². The van der Waals surface area contributed by atoms with Crippen molar-refractivity contribution < 1.29 is 4.74 Å². The third-order valence-corrected chi connectivity index (χ3v) is 4.83. The van der Waals surface area contributed by atoms with Crippen LogP contribution in [0.15, 0.2) is 53.5 Å². The number of ether oxygens (including phenoxy) is 1. The summed E-state index contributed by atoms with van der Waals surface area (Å²) < 4.78 is 5.95. The average molecular weight is 317 g/mol. The molecule has 2 aliphatic heterocycles. The lowest BCUT2D eigenvalue weighted by atomic mass is 10.1. The van der Waals surface area contributed by atoms with Crippen LogP contribution < -0.4 is 10.1 Å². The van der Waals surface area contributed by atoms with Gasteiger partial charge < -0.3 is 10.1 Å². The van der Waals surface area contributed by atoms with Crippen LogP contribution in [0.2, 0.25) is 5.02 Å². The van der Waals surface area contributed by atoms with Crippen molar-refractivity contribution in [1.29, 1.82) is 0 Å². The molecule has 1 N–H and O–H groups in total. The number of hydrogen-bond acceptors (Lipinski definition) is 4. The Bertz CT molecular complexity index is 702. The third kappa shape index (κ3) is 2.49. The smallest absolute Gasteiger partial charge is 0.161 e. The molecule has 0 saturated heterocycles. The number of aliphatic imine (C=N–C) groups is 1. The molecule has 2 unspecified atom stereocenters. The number of para-hydroxylation sites is 1. The predicted molar refractivity (Wildman–Crippen MR) is 88.6 cm³/mol. The number of nitrogens with zero attached hydrogens (tertiary/aromatic N) is 1. The van der Waals surface area contributed by atoms with Gasteiger partial charge in [0.05, 0.1) is 0 Å². The number of fused-ring (bicyclic) bond motifs is 3. The molecule has 2 atom stereocenters. The molecule has 0 aliphatic carbocycles. The van der Waals surface area contributed by atoms with Crippen LogP contribution in [-0.2, 0) is 0 Å². The molecule has 0 spiro atoms. The summed E-state index contributed by atoms with van der Waals surface area (Å²) in [6.45, 7) is 0. The Kier molecular flexibility index (Phi) is 3.28. The van der Waals surface area contributed by atoms with Gasteiger partial charge in [-0.15, -0.1) is 0 Å². The van der Waals surface area contributed by atoms with Gasteiger partial charge in [-0.25, -0.2) is 0 Å². The summed E-state index contributed by atoms with van der Waals surface area (Å²) in [4.78, 5) is 4.81. The molecule has 0 bridgehead atoms. The lowest BCUT2D eigenvalue weighted by Gasteiger charge is -2.23. The average Bonchev–Trinajstić information content (AvgIpc) is 2.88. The first-order valence-electron chi connectivity index (χ1n) is 6.78. The molecule has 3 nitrogen and oxygen atoms in total. The maximum absolute atomic E-state index is 5.95. The Labute approximate surface area is 132 Å². The molecule has 2 aromatic rings. The Morgan fingerprint density at radius 2 is 1.95 bits per heavy atom. The highest BCUT2D eigenvalue weighted by Crippen LogP contribution is 2.42. The van der Waals surface area contributed by atoms with Crippen LogP contribution in [0.5, 0.6) is 5.75 Å². The number of halogens is 1. The first kappa shape index (κ1) is 13.0. The van der Waals surface area contributed by atoms with Crippen LogP contribution in [0.25, 0.3) is 0 Å². The molecular formula is C16H13ClN2OS. The summed E-state index contributed by atoms with van der Waals surface area (Å²) in [6, 6.07) is 15.9. The van der Waals surface area contributed by atoms with Gasteiger partial charge in [0.15, 0.2) is 5.17 Å². The van der Waals surface area contributed by atoms with Gasteiger partial charge in [-0.1, -0.05) is 41.6 Å². The highest BCUT2D eigenvalue weighted by molar-refractivity contribution is 8.14. The lowest BCUT2D eigenvalue weighted by Crippen LogP contribution is -2.28. The van der Waals surface area contributed by atoms with Gasteiger partial charge in [0, 0.05) is 22.0 Å². The number of rotatable bonds is 1. The summed E-state index contributed by atoms with van der Waals surface area (Å²) in [5.74, 6) is 1.86. The maximum atomic E-state index is 5.95. The first-order valence-corrected chi connectivity index (χ1v) is 8.15. The van der Waals surface area contributed by atoms with E-state index in [1.165, 1.54) is 5.56 Å². The number of hydrogen-bond donors (Lipinski definition) is 1. The van der Waals surface area contributed by atoms with Gasteiger partial charge in [0.2, 0.25) is 0 Å². The minimum Gasteiger partial charge on any atom is -0.487 e. The van der Waals surface area contributed by atoms with E-state index in [1.807, 2.05) is 42.5 Å². The molecular weight excluding hydrogens is 304 g/mol. The molecule has 106 valence electrons. The fourth-order valence-electron chi connectivity index (χ4n) is 2.59. The molecule has 0 amide bonds. The molecule has 0 fully saturated rings. The van der Waals surface area contributed by atoms with Gasteiger partial charge in [0.1, 0.15) is 17.9 Å². The van der Waals surface area contributed by atoms with E-state index in [9.17, 15) is 0 Å². The fourth-order valence-corrected chi connectivity index (χ4v) is 3.66. The van der Waals surface area contributed by atoms with E-state index < -0.39 is 0 Å². The highest BCUT2D eigenvalue weighted by atomic mass is 35.5. The van der Waals surface area contributed by atoms with E-state index in [2.05, 4.69) is 11.4 Å². The molecule has 0 saturated carbocycles. The van der Waals surface area contributed by atoms with E-state index in [0.29, 0.717) is 0 Å². The van der Waals surface area contributed by atoms with Crippen molar-refractivity contribution in [1.82, 2.24) is 0 Å². The quantitative estimate of drug-likeness (QED) is 0.849. The molecule has 21 heavy (non-hydrogen) atoms. The van der Waals surface area contributed by atoms with E-state index in [-0.39, 0.29) is 12.1 Å². The largest absolute Gasteiger partial charge is 0.487 e. The Morgan fingerprint density at radius 1 is 1.14 bits per heavy atom. The zero-order valence-electron chi connectivity index (χ0n) is 11.1. The minimum absolute atomic E-state index is 0.0947. The zero-order chi connectivity index (χ0) is 14.2. The summed E-state index contributed by atoms with van der Waals surface area (Å²) in [5.41, 5.74) is 2.18. The Balaban J connectivity index is 1.59. The van der Waals surface area contributed by atoms with Crippen LogP contribution in [-0.4, -0.2) is 17.0 Å². The fraction of sp³-hybridized carbons (Fsp3) is 0.188. The normalized spacial score (nSPS) is 22.8. The summed E-state index contributed by atoms with van der Waals surface area (Å²) in [5, 5.41) is 5.01. The number of amidine groups is 1. The van der Waals surface area contributed by atoms with Crippen LogP contribution in [0, 0.1) is 0 Å². The molecule has 2 heterocycles. The molecule has 2 aliphatic rings. The van der Waals surface area contributed by atoms with E-state index >= 15 is 0 Å². The number of anilines is 1. The lowest BCUT2D eigenvalue weighted by molar-refractivity contribution is 0.233. The van der Waals surface area contributed by atoms with Crippen LogP contribution >= 0.6 is 23.4 Å². The summed E-state index contributed by atoms with van der Waals surface area (Å²) in [6.07, 6.45) is 0.142. The maximum Gasteiger partial charge on any atom is 0.161 e. The number of thioether (sulfide) groups is 1. The van der Waals surface area contributed by atoms with Crippen molar-refractivity contribution in [3.8, 4) is 5.75 Å². The zero-order valence-corrected chi connectivity index (χ0v) is 12.7. The van der Waals surface area contributed by atoms with Crippen molar-refractivity contribution >= 4 is 34.2 Å². The van der Waals surface area contributed by atoms with Gasteiger partial charge in [-0.3, -0.25) is 4.99 Å². The monoisotopic (exact) mass is 316 g/mol. The van der Waals surface area contributed by atoms with Crippen molar-refractivity contribution in [3.05, 3.63) is 59.1 Å². The van der Waals surface area contributed by atoms with Gasteiger partial charge in [-0.2, -0.15) is 0 Å². The molecule has 4 rings (SSSR count). The number of benzene rings is 2. The predicted octanol–water partition coefficient (Wildman–Crippen LogP) is 4.36.